The molecule has 0 aromatic heterocycles. The van der Waals surface area contributed by atoms with Crippen LogP contribution in [-0.4, -0.2) is 36.1 Å². The van der Waals surface area contributed by atoms with Crippen LogP contribution in [0, 0.1) is 0 Å². The molecular formula is C27H30ClN3O4S. The van der Waals surface area contributed by atoms with Crippen molar-refractivity contribution >= 4 is 35.4 Å². The minimum Gasteiger partial charge on any atom is -0.366 e. The molecule has 4 N–H and O–H groups in total. The van der Waals surface area contributed by atoms with Gasteiger partial charge < -0.3 is 11.1 Å². The lowest BCUT2D eigenvalue weighted by Gasteiger charge is -2.17. The molecule has 0 saturated carbocycles. The van der Waals surface area contributed by atoms with E-state index in [1.807, 2.05) is 66.7 Å². The first kappa shape index (κ1) is 27.7. The fourth-order valence-electron chi connectivity index (χ4n) is 3.31. The van der Waals surface area contributed by atoms with Crippen LogP contribution in [0.1, 0.15) is 27.9 Å². The monoisotopic (exact) mass is 527 g/mol. The van der Waals surface area contributed by atoms with Gasteiger partial charge in [-0.1, -0.05) is 84.7 Å². The zero-order chi connectivity index (χ0) is 25.6. The van der Waals surface area contributed by atoms with E-state index in [0.29, 0.717) is 24.6 Å². The molecule has 9 heteroatoms. The summed E-state index contributed by atoms with van der Waals surface area (Å²) >= 11 is 7.17. The van der Waals surface area contributed by atoms with Crippen LogP contribution in [0.5, 0.6) is 0 Å². The van der Waals surface area contributed by atoms with Crippen molar-refractivity contribution in [3.63, 3.8) is 0 Å². The second kappa shape index (κ2) is 15.3. The third kappa shape index (κ3) is 8.96. The van der Waals surface area contributed by atoms with Crippen molar-refractivity contribution in [1.29, 1.82) is 0 Å². The minimum atomic E-state index is -0.609. The number of primary amides is 1. The lowest BCUT2D eigenvalue weighted by atomic mass is 9.98. The molecule has 190 valence electrons. The van der Waals surface area contributed by atoms with Gasteiger partial charge in [-0.3, -0.25) is 9.59 Å². The largest absolute Gasteiger partial charge is 0.366 e. The molecule has 0 radical (unpaired) electrons. The Kier molecular flexibility index (Phi) is 11.8. The molecule has 3 aromatic rings. The van der Waals surface area contributed by atoms with Crippen molar-refractivity contribution in [3.8, 4) is 11.1 Å². The zero-order valence-electron chi connectivity index (χ0n) is 19.8. The second-order valence-corrected chi connectivity index (χ2v) is 9.23. The quantitative estimate of drug-likeness (QED) is 0.0887. The lowest BCUT2D eigenvalue weighted by molar-refractivity contribution is -0.305. The highest BCUT2D eigenvalue weighted by Gasteiger charge is 2.19. The average molecular weight is 528 g/mol. The molecule has 3 aromatic carbocycles. The Morgan fingerprint density at radius 1 is 0.917 bits per heavy atom. The van der Waals surface area contributed by atoms with Gasteiger partial charge in [0.05, 0.1) is 0 Å². The second-order valence-electron chi connectivity index (χ2n) is 7.92. The number of nitrogens with one attached hydrogen (secondary N) is 2. The van der Waals surface area contributed by atoms with Crippen LogP contribution < -0.4 is 15.8 Å². The summed E-state index contributed by atoms with van der Waals surface area (Å²) in [6.07, 6.45) is 0.824. The fourth-order valence-corrected chi connectivity index (χ4v) is 4.39. The third-order valence-electron chi connectivity index (χ3n) is 5.23. The SMILES string of the molecule is NC(=O)c1ccccc1-c1ccc(CNC(=O)C(COOCc2ccccc2)NSCCCCl)cc1. The zero-order valence-corrected chi connectivity index (χ0v) is 21.4. The normalized spacial score (nSPS) is 11.7. The molecular weight excluding hydrogens is 498 g/mol. The number of benzene rings is 3. The molecule has 7 nitrogen and oxygen atoms in total. The maximum absolute atomic E-state index is 12.9. The van der Waals surface area contributed by atoms with E-state index < -0.39 is 11.9 Å². The summed E-state index contributed by atoms with van der Waals surface area (Å²) in [4.78, 5) is 35.2. The van der Waals surface area contributed by atoms with Crippen molar-refractivity contribution in [2.24, 2.45) is 5.73 Å². The van der Waals surface area contributed by atoms with Gasteiger partial charge in [-0.15, -0.1) is 11.6 Å². The van der Waals surface area contributed by atoms with Crippen LogP contribution in [0.4, 0.5) is 0 Å². The van der Waals surface area contributed by atoms with Crippen molar-refractivity contribution in [2.75, 3.05) is 18.2 Å². The van der Waals surface area contributed by atoms with E-state index in [4.69, 9.17) is 27.1 Å². The molecule has 3 rings (SSSR count). The minimum absolute atomic E-state index is 0.0510. The molecule has 0 bridgehead atoms. The van der Waals surface area contributed by atoms with E-state index >= 15 is 0 Å². The molecule has 1 atom stereocenters. The predicted octanol–water partition coefficient (Wildman–Crippen LogP) is 4.45. The first-order valence-corrected chi connectivity index (χ1v) is 13.1. The van der Waals surface area contributed by atoms with Crippen LogP contribution in [-0.2, 0) is 27.7 Å². The average Bonchev–Trinajstić information content (AvgIpc) is 2.91. The topological polar surface area (TPSA) is 103 Å². The number of carbonyl (C=O) groups is 2. The third-order valence-corrected chi connectivity index (χ3v) is 6.44. The molecule has 36 heavy (non-hydrogen) atoms. The van der Waals surface area contributed by atoms with Gasteiger partial charge in [-0.2, -0.15) is 0 Å². The first-order valence-electron chi connectivity index (χ1n) is 11.6. The van der Waals surface area contributed by atoms with Crippen LogP contribution in [0.3, 0.4) is 0 Å². The number of hydrogen-bond acceptors (Lipinski definition) is 6. The Balaban J connectivity index is 1.53. The van der Waals surface area contributed by atoms with Crippen LogP contribution in [0.2, 0.25) is 0 Å². The Morgan fingerprint density at radius 3 is 2.36 bits per heavy atom. The molecule has 1 unspecified atom stereocenters. The van der Waals surface area contributed by atoms with E-state index in [1.165, 1.54) is 11.9 Å². The van der Waals surface area contributed by atoms with Crippen molar-refractivity contribution < 1.29 is 19.4 Å². The summed E-state index contributed by atoms with van der Waals surface area (Å²) in [6, 6.07) is 23.9. The van der Waals surface area contributed by atoms with E-state index in [9.17, 15) is 9.59 Å². The molecule has 0 aliphatic heterocycles. The van der Waals surface area contributed by atoms with Crippen LogP contribution in [0.25, 0.3) is 11.1 Å². The fraction of sp³-hybridized carbons (Fsp3) is 0.259. The molecule has 0 fully saturated rings. The first-order chi connectivity index (χ1) is 17.6. The summed E-state index contributed by atoms with van der Waals surface area (Å²) in [5, 5.41) is 2.94. The van der Waals surface area contributed by atoms with Gasteiger partial charge in [0.1, 0.15) is 19.3 Å². The highest BCUT2D eigenvalue weighted by atomic mass is 35.5. The van der Waals surface area contributed by atoms with Gasteiger partial charge in [0.15, 0.2) is 0 Å². The Bertz CT molecular complexity index is 1100. The molecule has 0 heterocycles. The van der Waals surface area contributed by atoms with E-state index in [1.54, 1.807) is 12.1 Å². The van der Waals surface area contributed by atoms with Crippen molar-refractivity contribution in [3.05, 3.63) is 95.6 Å². The highest BCUT2D eigenvalue weighted by Crippen LogP contribution is 2.23. The maximum Gasteiger partial charge on any atom is 0.249 e. The molecule has 0 spiro atoms. The van der Waals surface area contributed by atoms with Gasteiger partial charge in [0.25, 0.3) is 0 Å². The molecule has 0 saturated heterocycles. The van der Waals surface area contributed by atoms with Crippen molar-refractivity contribution in [1.82, 2.24) is 10.0 Å². The summed E-state index contributed by atoms with van der Waals surface area (Å²) in [5.41, 5.74) is 9.50. The lowest BCUT2D eigenvalue weighted by Crippen LogP contribution is -2.44. The van der Waals surface area contributed by atoms with E-state index in [0.717, 1.165) is 34.4 Å². The summed E-state index contributed by atoms with van der Waals surface area (Å²) in [6.45, 7) is 0.682. The van der Waals surface area contributed by atoms with Gasteiger partial charge in [0, 0.05) is 23.7 Å². The smallest absolute Gasteiger partial charge is 0.249 e. The maximum atomic E-state index is 12.9. The number of alkyl halides is 1. The number of rotatable bonds is 15. The Labute approximate surface area is 220 Å². The summed E-state index contributed by atoms with van der Waals surface area (Å²) in [5.74, 6) is 0.647. The van der Waals surface area contributed by atoms with Gasteiger partial charge in [0.2, 0.25) is 11.8 Å². The summed E-state index contributed by atoms with van der Waals surface area (Å²) in [7, 11) is 0. The van der Waals surface area contributed by atoms with Crippen LogP contribution >= 0.6 is 23.5 Å². The number of nitrogens with two attached hydrogens (primary N) is 1. The standard InChI is InChI=1S/C27H30ClN3O4S/c28-15-6-16-36-31-25(19-35-34-18-21-7-2-1-3-8-21)27(33)30-17-20-11-13-22(14-12-20)23-9-4-5-10-24(23)26(29)32/h1-5,7-14,25,31H,6,15-19H2,(H2,29,32)(H,30,33). The van der Waals surface area contributed by atoms with Crippen molar-refractivity contribution in [2.45, 2.75) is 25.6 Å². The van der Waals surface area contributed by atoms with E-state index in [2.05, 4.69) is 10.0 Å². The van der Waals surface area contributed by atoms with E-state index in [-0.39, 0.29) is 12.5 Å². The Morgan fingerprint density at radius 2 is 1.64 bits per heavy atom. The number of carbonyl (C=O) groups excluding carboxylic acids is 2. The number of amides is 2. The highest BCUT2D eigenvalue weighted by molar-refractivity contribution is 7.97. The van der Waals surface area contributed by atoms with Gasteiger partial charge >= 0.3 is 0 Å². The number of halogens is 1. The van der Waals surface area contributed by atoms with Gasteiger partial charge in [-0.05, 0) is 34.7 Å². The number of hydrogen-bond donors (Lipinski definition) is 3. The van der Waals surface area contributed by atoms with Gasteiger partial charge in [-0.25, -0.2) is 14.5 Å². The summed E-state index contributed by atoms with van der Waals surface area (Å²) < 4.78 is 3.13. The predicted molar refractivity (Wildman–Crippen MR) is 144 cm³/mol. The molecule has 2 amide bonds. The van der Waals surface area contributed by atoms with Crippen LogP contribution in [0.15, 0.2) is 78.9 Å². The Hall–Kier alpha value is -2.88. The molecule has 0 aliphatic carbocycles. The molecule has 0 aliphatic rings.